The number of benzene rings is 1. The van der Waals surface area contributed by atoms with Crippen LogP contribution in [0.15, 0.2) is 42.7 Å². The normalized spacial score (nSPS) is 17.9. The molecule has 1 fully saturated rings. The Hall–Kier alpha value is -2.83. The lowest BCUT2D eigenvalue weighted by Crippen LogP contribution is -2.35. The zero-order valence-electron chi connectivity index (χ0n) is 13.1. The second kappa shape index (κ2) is 6.35. The molecule has 3 aromatic rings. The Balaban J connectivity index is 1.52. The Morgan fingerprint density at radius 1 is 1.12 bits per heavy atom. The van der Waals surface area contributed by atoms with E-state index in [4.69, 9.17) is 0 Å². The number of halogens is 1. The van der Waals surface area contributed by atoms with E-state index in [1.54, 1.807) is 0 Å². The fourth-order valence-electron chi connectivity index (χ4n) is 3.02. The molecule has 1 aromatic carbocycles. The topological polar surface area (TPSA) is 70.6 Å². The van der Waals surface area contributed by atoms with E-state index in [1.807, 2.05) is 30.3 Å². The van der Waals surface area contributed by atoms with Crippen LogP contribution in [-0.2, 0) is 0 Å². The molecule has 1 aliphatic heterocycles. The summed E-state index contributed by atoms with van der Waals surface area (Å²) in [7, 11) is 0. The molecule has 122 valence electrons. The van der Waals surface area contributed by atoms with Gasteiger partial charge in [0.15, 0.2) is 11.6 Å². The zero-order valence-corrected chi connectivity index (χ0v) is 13.1. The molecular formula is C17H17FN6. The summed E-state index contributed by atoms with van der Waals surface area (Å²) in [6, 6.07) is 9.90. The van der Waals surface area contributed by atoms with Gasteiger partial charge >= 0.3 is 0 Å². The van der Waals surface area contributed by atoms with E-state index < -0.39 is 5.82 Å². The van der Waals surface area contributed by atoms with Crippen LogP contribution in [0.3, 0.4) is 0 Å². The molecule has 0 aliphatic carbocycles. The van der Waals surface area contributed by atoms with Crippen LogP contribution in [0.2, 0.25) is 0 Å². The van der Waals surface area contributed by atoms with Crippen LogP contribution in [0.1, 0.15) is 24.6 Å². The van der Waals surface area contributed by atoms with E-state index >= 15 is 0 Å². The van der Waals surface area contributed by atoms with Crippen molar-refractivity contribution in [2.45, 2.75) is 18.8 Å². The SMILES string of the molecule is Fc1cnc(N2CCC[C@@H](c3nc(-c4ccccc4)n[nH]3)C2)nc1. The first-order chi connectivity index (χ1) is 11.8. The minimum absolute atomic E-state index is 0.234. The van der Waals surface area contributed by atoms with Crippen LogP contribution < -0.4 is 4.90 Å². The Morgan fingerprint density at radius 3 is 2.71 bits per heavy atom. The highest BCUT2D eigenvalue weighted by atomic mass is 19.1. The van der Waals surface area contributed by atoms with Crippen molar-refractivity contribution in [1.82, 2.24) is 25.1 Å². The summed E-state index contributed by atoms with van der Waals surface area (Å²) in [6.45, 7) is 1.61. The molecule has 3 heterocycles. The molecule has 0 unspecified atom stereocenters. The van der Waals surface area contributed by atoms with E-state index in [0.29, 0.717) is 11.8 Å². The van der Waals surface area contributed by atoms with E-state index in [2.05, 4.69) is 30.0 Å². The van der Waals surface area contributed by atoms with Crippen LogP contribution in [0.25, 0.3) is 11.4 Å². The highest BCUT2D eigenvalue weighted by molar-refractivity contribution is 5.54. The highest BCUT2D eigenvalue weighted by Crippen LogP contribution is 2.27. The summed E-state index contributed by atoms with van der Waals surface area (Å²) in [4.78, 5) is 14.9. The van der Waals surface area contributed by atoms with Crippen LogP contribution in [-0.4, -0.2) is 38.2 Å². The van der Waals surface area contributed by atoms with Crippen LogP contribution in [0.4, 0.5) is 10.3 Å². The van der Waals surface area contributed by atoms with Gasteiger partial charge in [-0.25, -0.2) is 19.3 Å². The van der Waals surface area contributed by atoms with Gasteiger partial charge in [-0.2, -0.15) is 5.10 Å². The molecule has 0 bridgehead atoms. The fourth-order valence-corrected chi connectivity index (χ4v) is 3.02. The number of hydrogen-bond donors (Lipinski definition) is 1. The number of anilines is 1. The standard InChI is InChI=1S/C17H17FN6/c18-14-9-19-17(20-10-14)24-8-4-7-13(11-24)16-21-15(22-23-16)12-5-2-1-3-6-12/h1-3,5-6,9-10,13H,4,7-8,11H2,(H,21,22,23)/t13-/m1/s1. The minimum Gasteiger partial charge on any atom is -0.340 e. The number of H-pyrrole nitrogens is 1. The first kappa shape index (κ1) is 14.7. The fraction of sp³-hybridized carbons (Fsp3) is 0.294. The predicted molar refractivity (Wildman–Crippen MR) is 88.0 cm³/mol. The van der Waals surface area contributed by atoms with Crippen LogP contribution >= 0.6 is 0 Å². The van der Waals surface area contributed by atoms with E-state index in [1.165, 1.54) is 12.4 Å². The summed E-state index contributed by atoms with van der Waals surface area (Å²) in [6.07, 6.45) is 4.44. The van der Waals surface area contributed by atoms with Gasteiger partial charge in [-0.15, -0.1) is 0 Å². The van der Waals surface area contributed by atoms with Crippen molar-refractivity contribution in [3.05, 3.63) is 54.4 Å². The maximum Gasteiger partial charge on any atom is 0.225 e. The number of nitrogens with one attached hydrogen (secondary N) is 1. The molecule has 1 N–H and O–H groups in total. The van der Waals surface area contributed by atoms with Gasteiger partial charge < -0.3 is 4.90 Å². The Bertz CT molecular complexity index is 801. The van der Waals surface area contributed by atoms with Crippen LogP contribution in [0, 0.1) is 5.82 Å². The lowest BCUT2D eigenvalue weighted by Gasteiger charge is -2.31. The van der Waals surface area contributed by atoms with E-state index in [9.17, 15) is 4.39 Å². The maximum absolute atomic E-state index is 13.0. The number of rotatable bonds is 3. The molecule has 2 aromatic heterocycles. The van der Waals surface area contributed by atoms with Crippen molar-refractivity contribution in [3.8, 4) is 11.4 Å². The van der Waals surface area contributed by atoms with Crippen molar-refractivity contribution in [1.29, 1.82) is 0 Å². The molecule has 0 amide bonds. The number of hydrogen-bond acceptors (Lipinski definition) is 5. The molecule has 24 heavy (non-hydrogen) atoms. The van der Waals surface area contributed by atoms with Gasteiger partial charge in [0.1, 0.15) is 5.82 Å². The molecule has 0 spiro atoms. The largest absolute Gasteiger partial charge is 0.340 e. The summed E-state index contributed by atoms with van der Waals surface area (Å²) in [5, 5.41) is 7.40. The Morgan fingerprint density at radius 2 is 1.92 bits per heavy atom. The second-order valence-electron chi connectivity index (χ2n) is 5.90. The van der Waals surface area contributed by atoms with Gasteiger partial charge in [-0.3, -0.25) is 5.10 Å². The third-order valence-electron chi connectivity index (χ3n) is 4.23. The molecule has 6 nitrogen and oxygen atoms in total. The minimum atomic E-state index is -0.421. The van der Waals surface area contributed by atoms with Gasteiger partial charge in [0.05, 0.1) is 12.4 Å². The van der Waals surface area contributed by atoms with Crippen molar-refractivity contribution in [2.24, 2.45) is 0 Å². The summed E-state index contributed by atoms with van der Waals surface area (Å²) < 4.78 is 13.0. The first-order valence-corrected chi connectivity index (χ1v) is 8.00. The molecule has 7 heteroatoms. The summed E-state index contributed by atoms with van der Waals surface area (Å²) in [5.41, 5.74) is 0.995. The smallest absolute Gasteiger partial charge is 0.225 e. The van der Waals surface area contributed by atoms with Crippen LogP contribution in [0.5, 0.6) is 0 Å². The maximum atomic E-state index is 13.0. The van der Waals surface area contributed by atoms with E-state index in [0.717, 1.165) is 37.3 Å². The molecule has 1 saturated heterocycles. The van der Waals surface area contributed by atoms with Gasteiger partial charge in [0.2, 0.25) is 5.95 Å². The monoisotopic (exact) mass is 324 g/mol. The number of aromatic amines is 1. The van der Waals surface area contributed by atoms with Gasteiger partial charge in [0, 0.05) is 24.6 Å². The van der Waals surface area contributed by atoms with Crippen molar-refractivity contribution in [3.63, 3.8) is 0 Å². The average molecular weight is 324 g/mol. The van der Waals surface area contributed by atoms with Crippen molar-refractivity contribution in [2.75, 3.05) is 18.0 Å². The van der Waals surface area contributed by atoms with Crippen molar-refractivity contribution >= 4 is 5.95 Å². The highest BCUT2D eigenvalue weighted by Gasteiger charge is 2.25. The predicted octanol–water partition coefficient (Wildman–Crippen LogP) is 2.78. The molecular weight excluding hydrogens is 307 g/mol. The number of aromatic nitrogens is 5. The lowest BCUT2D eigenvalue weighted by atomic mass is 9.97. The van der Waals surface area contributed by atoms with Gasteiger partial charge in [0.25, 0.3) is 0 Å². The number of nitrogens with zero attached hydrogens (tertiary/aromatic N) is 5. The van der Waals surface area contributed by atoms with E-state index in [-0.39, 0.29) is 5.92 Å². The number of piperidine rings is 1. The zero-order chi connectivity index (χ0) is 16.4. The van der Waals surface area contributed by atoms with Gasteiger partial charge in [-0.05, 0) is 12.8 Å². The Kier molecular flexibility index (Phi) is 3.90. The Labute approximate surface area is 138 Å². The average Bonchev–Trinajstić information content (AvgIpc) is 3.13. The quantitative estimate of drug-likeness (QED) is 0.802. The first-order valence-electron chi connectivity index (χ1n) is 8.00. The second-order valence-corrected chi connectivity index (χ2v) is 5.90. The molecule has 1 aliphatic rings. The molecule has 0 saturated carbocycles. The van der Waals surface area contributed by atoms with Gasteiger partial charge in [-0.1, -0.05) is 30.3 Å². The molecule has 0 radical (unpaired) electrons. The third-order valence-corrected chi connectivity index (χ3v) is 4.23. The lowest BCUT2D eigenvalue weighted by molar-refractivity contribution is 0.485. The summed E-state index contributed by atoms with van der Waals surface area (Å²) >= 11 is 0. The molecule has 1 atom stereocenters. The summed E-state index contributed by atoms with van der Waals surface area (Å²) in [5.74, 6) is 1.96. The molecule has 4 rings (SSSR count). The van der Waals surface area contributed by atoms with Crippen molar-refractivity contribution < 1.29 is 4.39 Å². The third kappa shape index (κ3) is 2.97.